The Balaban J connectivity index is 2.33. The van der Waals surface area contributed by atoms with Crippen LogP contribution in [0.5, 0.6) is 0 Å². The molecule has 2 amide bonds. The van der Waals surface area contributed by atoms with E-state index >= 15 is 0 Å². The number of likely N-dealkylation sites (N-methyl/N-ethyl adjacent to an activating group) is 1. The fraction of sp³-hybridized carbons (Fsp3) is 0.857. The highest BCUT2D eigenvalue weighted by Crippen LogP contribution is 2.37. The van der Waals surface area contributed by atoms with E-state index in [-0.39, 0.29) is 11.8 Å². The standard InChI is InChI=1S/C14H24N2O2/c1-4-14(5-2)11(17)15-13(12(18)16(14)3)9-7-6-8-10-13/h4-10H2,1-3H3,(H,15,17). The third kappa shape index (κ3) is 1.65. The van der Waals surface area contributed by atoms with Crippen LogP contribution in [0.2, 0.25) is 0 Å². The third-order valence-electron chi connectivity index (χ3n) is 5.01. The summed E-state index contributed by atoms with van der Waals surface area (Å²) in [5.74, 6) is 0.155. The molecule has 0 atom stereocenters. The van der Waals surface area contributed by atoms with Gasteiger partial charge in [0.2, 0.25) is 11.8 Å². The van der Waals surface area contributed by atoms with E-state index in [0.29, 0.717) is 12.8 Å². The van der Waals surface area contributed by atoms with Gasteiger partial charge in [-0.05, 0) is 25.7 Å². The summed E-state index contributed by atoms with van der Waals surface area (Å²) in [5.41, 5.74) is -1.24. The molecule has 0 aromatic rings. The molecule has 1 heterocycles. The highest BCUT2D eigenvalue weighted by Gasteiger charge is 2.55. The largest absolute Gasteiger partial charge is 0.340 e. The lowest BCUT2D eigenvalue weighted by atomic mass is 9.75. The van der Waals surface area contributed by atoms with Crippen molar-refractivity contribution in [3.63, 3.8) is 0 Å². The highest BCUT2D eigenvalue weighted by molar-refractivity contribution is 6.02. The van der Waals surface area contributed by atoms with E-state index in [1.54, 1.807) is 11.9 Å². The zero-order valence-corrected chi connectivity index (χ0v) is 11.7. The molecule has 1 saturated heterocycles. The fourth-order valence-electron chi connectivity index (χ4n) is 3.59. The van der Waals surface area contributed by atoms with Gasteiger partial charge in [-0.3, -0.25) is 9.59 Å². The van der Waals surface area contributed by atoms with Crippen LogP contribution in [0, 0.1) is 0 Å². The maximum absolute atomic E-state index is 12.7. The average Bonchev–Trinajstić information content (AvgIpc) is 2.39. The summed E-state index contributed by atoms with van der Waals surface area (Å²) in [6.45, 7) is 3.96. The second kappa shape index (κ2) is 4.56. The highest BCUT2D eigenvalue weighted by atomic mass is 16.2. The van der Waals surface area contributed by atoms with Gasteiger partial charge in [0.05, 0.1) is 0 Å². The Hall–Kier alpha value is -1.06. The molecule has 1 aliphatic heterocycles. The lowest BCUT2D eigenvalue weighted by molar-refractivity contribution is -0.163. The molecule has 0 bridgehead atoms. The van der Waals surface area contributed by atoms with Crippen LogP contribution in [-0.4, -0.2) is 34.8 Å². The van der Waals surface area contributed by atoms with Crippen molar-refractivity contribution in [2.24, 2.45) is 0 Å². The summed E-state index contributed by atoms with van der Waals surface area (Å²) >= 11 is 0. The maximum atomic E-state index is 12.7. The molecule has 102 valence electrons. The van der Waals surface area contributed by atoms with Crippen LogP contribution in [0.25, 0.3) is 0 Å². The molecule has 1 aliphatic carbocycles. The first kappa shape index (κ1) is 13.4. The molecule has 2 aliphatic rings. The van der Waals surface area contributed by atoms with E-state index in [1.807, 2.05) is 13.8 Å². The molecule has 4 nitrogen and oxygen atoms in total. The van der Waals surface area contributed by atoms with Gasteiger partial charge in [-0.25, -0.2) is 0 Å². The topological polar surface area (TPSA) is 49.4 Å². The van der Waals surface area contributed by atoms with Crippen molar-refractivity contribution < 1.29 is 9.59 Å². The molecule has 2 fully saturated rings. The number of rotatable bonds is 2. The number of hydrogen-bond donors (Lipinski definition) is 1. The SMILES string of the molecule is CCC1(CC)C(=O)NC2(CCCCC2)C(=O)N1C. The Kier molecular flexibility index (Phi) is 3.39. The molecule has 0 aromatic carbocycles. The Labute approximate surface area is 109 Å². The maximum Gasteiger partial charge on any atom is 0.248 e. The molecule has 0 aromatic heterocycles. The van der Waals surface area contributed by atoms with Crippen molar-refractivity contribution in [2.75, 3.05) is 7.05 Å². The van der Waals surface area contributed by atoms with Gasteiger partial charge in [0.25, 0.3) is 0 Å². The van der Waals surface area contributed by atoms with Gasteiger partial charge in [0, 0.05) is 7.05 Å². The van der Waals surface area contributed by atoms with Crippen molar-refractivity contribution in [1.29, 1.82) is 0 Å². The number of piperazine rings is 1. The normalized spacial score (nSPS) is 26.3. The zero-order chi connectivity index (χ0) is 13.4. The summed E-state index contributed by atoms with van der Waals surface area (Å²) in [6.07, 6.45) is 6.18. The van der Waals surface area contributed by atoms with E-state index in [4.69, 9.17) is 0 Å². The minimum Gasteiger partial charge on any atom is -0.340 e. The molecule has 0 radical (unpaired) electrons. The molecular weight excluding hydrogens is 228 g/mol. The van der Waals surface area contributed by atoms with E-state index in [9.17, 15) is 9.59 Å². The average molecular weight is 252 g/mol. The molecule has 18 heavy (non-hydrogen) atoms. The summed E-state index contributed by atoms with van der Waals surface area (Å²) in [6, 6.07) is 0. The number of hydrogen-bond acceptors (Lipinski definition) is 2. The van der Waals surface area contributed by atoms with E-state index in [1.165, 1.54) is 6.42 Å². The van der Waals surface area contributed by atoms with Crippen LogP contribution in [0.15, 0.2) is 0 Å². The van der Waals surface area contributed by atoms with Gasteiger partial charge >= 0.3 is 0 Å². The Bertz CT molecular complexity index is 355. The van der Waals surface area contributed by atoms with Gasteiger partial charge in [-0.1, -0.05) is 33.1 Å². The minimum absolute atomic E-state index is 0.0384. The molecule has 1 saturated carbocycles. The fourth-order valence-corrected chi connectivity index (χ4v) is 3.59. The third-order valence-corrected chi connectivity index (χ3v) is 5.01. The molecule has 1 spiro atoms. The molecule has 2 rings (SSSR count). The zero-order valence-electron chi connectivity index (χ0n) is 11.7. The van der Waals surface area contributed by atoms with E-state index in [2.05, 4.69) is 5.32 Å². The monoisotopic (exact) mass is 252 g/mol. The summed E-state index contributed by atoms with van der Waals surface area (Å²) in [7, 11) is 1.80. The number of nitrogens with one attached hydrogen (secondary N) is 1. The Morgan fingerprint density at radius 2 is 1.67 bits per heavy atom. The second-order valence-electron chi connectivity index (χ2n) is 5.70. The van der Waals surface area contributed by atoms with Gasteiger partial charge in [-0.2, -0.15) is 0 Å². The minimum atomic E-state index is -0.639. The molecule has 1 N–H and O–H groups in total. The summed E-state index contributed by atoms with van der Waals surface area (Å²) < 4.78 is 0. The van der Waals surface area contributed by atoms with Crippen LogP contribution in [0.3, 0.4) is 0 Å². The van der Waals surface area contributed by atoms with Gasteiger partial charge in [0.15, 0.2) is 0 Å². The first-order valence-electron chi connectivity index (χ1n) is 7.13. The van der Waals surface area contributed by atoms with Gasteiger partial charge in [-0.15, -0.1) is 0 Å². The predicted octanol–water partition coefficient (Wildman–Crippen LogP) is 1.84. The molecule has 4 heteroatoms. The van der Waals surface area contributed by atoms with Crippen molar-refractivity contribution in [1.82, 2.24) is 10.2 Å². The van der Waals surface area contributed by atoms with Crippen LogP contribution < -0.4 is 5.32 Å². The van der Waals surface area contributed by atoms with Gasteiger partial charge < -0.3 is 10.2 Å². The summed E-state index contributed by atoms with van der Waals surface area (Å²) in [4.78, 5) is 26.9. The van der Waals surface area contributed by atoms with Crippen molar-refractivity contribution in [3.8, 4) is 0 Å². The number of carbonyl (C=O) groups is 2. The molecular formula is C14H24N2O2. The lowest BCUT2D eigenvalue weighted by Gasteiger charge is -2.52. The first-order chi connectivity index (χ1) is 8.52. The van der Waals surface area contributed by atoms with Crippen LogP contribution in [0.4, 0.5) is 0 Å². The Morgan fingerprint density at radius 3 is 2.17 bits per heavy atom. The number of nitrogens with zero attached hydrogens (tertiary/aromatic N) is 1. The van der Waals surface area contributed by atoms with Crippen LogP contribution in [0.1, 0.15) is 58.8 Å². The van der Waals surface area contributed by atoms with Crippen molar-refractivity contribution in [2.45, 2.75) is 69.9 Å². The lowest BCUT2D eigenvalue weighted by Crippen LogP contribution is -2.74. The number of amides is 2. The predicted molar refractivity (Wildman–Crippen MR) is 70.0 cm³/mol. The Morgan fingerprint density at radius 1 is 1.11 bits per heavy atom. The van der Waals surface area contributed by atoms with Gasteiger partial charge in [0.1, 0.15) is 11.1 Å². The van der Waals surface area contributed by atoms with E-state index < -0.39 is 11.1 Å². The quantitative estimate of drug-likeness (QED) is 0.815. The van der Waals surface area contributed by atoms with Crippen LogP contribution >= 0.6 is 0 Å². The summed E-state index contributed by atoms with van der Waals surface area (Å²) in [5, 5.41) is 3.07. The number of carbonyl (C=O) groups excluding carboxylic acids is 2. The first-order valence-corrected chi connectivity index (χ1v) is 7.13. The van der Waals surface area contributed by atoms with E-state index in [0.717, 1.165) is 25.7 Å². The smallest absolute Gasteiger partial charge is 0.248 e. The molecule has 0 unspecified atom stereocenters. The van der Waals surface area contributed by atoms with Crippen molar-refractivity contribution in [3.05, 3.63) is 0 Å². The van der Waals surface area contributed by atoms with Crippen molar-refractivity contribution >= 4 is 11.8 Å². The van der Waals surface area contributed by atoms with Crippen LogP contribution in [-0.2, 0) is 9.59 Å². The second-order valence-corrected chi connectivity index (χ2v) is 5.70.